The molecule has 1 saturated heterocycles. The van der Waals surface area contributed by atoms with E-state index in [9.17, 15) is 24.9 Å². The van der Waals surface area contributed by atoms with E-state index < -0.39 is 42.6 Å². The molecule has 1 aliphatic heterocycles. The van der Waals surface area contributed by atoms with Crippen molar-refractivity contribution in [2.45, 2.75) is 84.6 Å². The molecule has 8 nitrogen and oxygen atoms in total. The Labute approximate surface area is 200 Å². The van der Waals surface area contributed by atoms with Crippen molar-refractivity contribution in [1.82, 2.24) is 0 Å². The van der Waals surface area contributed by atoms with Crippen molar-refractivity contribution >= 4 is 11.9 Å². The first-order valence-corrected chi connectivity index (χ1v) is 11.4. The second-order valence-electron chi connectivity index (χ2n) is 9.59. The number of carbonyl (C=O) groups excluding carboxylic acids is 1. The highest BCUT2D eigenvalue weighted by molar-refractivity contribution is 5.83. The molecule has 1 fully saturated rings. The first kappa shape index (κ1) is 27.7. The summed E-state index contributed by atoms with van der Waals surface area (Å²) in [7, 11) is 0. The van der Waals surface area contributed by atoms with Crippen molar-refractivity contribution in [2.75, 3.05) is 0 Å². The molecular formula is C26H36O8. The number of carboxylic acids is 1. The fourth-order valence-electron chi connectivity index (χ4n) is 4.16. The van der Waals surface area contributed by atoms with Gasteiger partial charge in [0.15, 0.2) is 6.10 Å². The number of aliphatic carboxylic acids is 1. The van der Waals surface area contributed by atoms with Crippen LogP contribution >= 0.6 is 0 Å². The van der Waals surface area contributed by atoms with E-state index >= 15 is 0 Å². The van der Waals surface area contributed by atoms with Crippen LogP contribution in [0.15, 0.2) is 58.7 Å². The van der Waals surface area contributed by atoms with Crippen LogP contribution in [0.2, 0.25) is 0 Å². The Balaban J connectivity index is 1.98. The Kier molecular flexibility index (Phi) is 9.58. The van der Waals surface area contributed by atoms with E-state index in [-0.39, 0.29) is 5.41 Å². The van der Waals surface area contributed by atoms with Gasteiger partial charge in [-0.1, -0.05) is 55.4 Å². The normalized spacial score (nSPS) is 30.8. The van der Waals surface area contributed by atoms with Gasteiger partial charge in [-0.2, -0.15) is 0 Å². The zero-order valence-corrected chi connectivity index (χ0v) is 20.4. The van der Waals surface area contributed by atoms with E-state index in [2.05, 4.69) is 32.9 Å². The van der Waals surface area contributed by atoms with Crippen molar-refractivity contribution in [3.8, 4) is 0 Å². The van der Waals surface area contributed by atoms with Crippen molar-refractivity contribution in [3.05, 3.63) is 58.7 Å². The molecule has 0 radical (unpaired) electrons. The lowest BCUT2D eigenvalue weighted by Gasteiger charge is -2.37. The molecule has 2 rings (SSSR count). The number of ether oxygens (including phenoxy) is 2. The number of rotatable bonds is 7. The third-order valence-corrected chi connectivity index (χ3v) is 6.16. The molecule has 0 amide bonds. The van der Waals surface area contributed by atoms with Gasteiger partial charge in [0.2, 0.25) is 6.29 Å². The highest BCUT2D eigenvalue weighted by atomic mass is 16.7. The van der Waals surface area contributed by atoms with Crippen molar-refractivity contribution in [3.63, 3.8) is 0 Å². The lowest BCUT2D eigenvalue weighted by atomic mass is 9.72. The summed E-state index contributed by atoms with van der Waals surface area (Å²) >= 11 is 0. The fraction of sp³-hybridized carbons (Fsp3) is 0.538. The average molecular weight is 477 g/mol. The summed E-state index contributed by atoms with van der Waals surface area (Å²) in [6.45, 7) is 10.4. The minimum atomic E-state index is -1.85. The first-order valence-electron chi connectivity index (χ1n) is 11.4. The SMILES string of the molecule is CC1=C(/C=C/C(C)=C/C=C/C(C)=C\C(=O)OC2OC(C(=O)O)C(O)C(O)C2O)C(C)(C)CCC1. The lowest BCUT2D eigenvalue weighted by Crippen LogP contribution is -2.60. The summed E-state index contributed by atoms with van der Waals surface area (Å²) < 4.78 is 9.88. The van der Waals surface area contributed by atoms with Gasteiger partial charge in [-0.05, 0) is 56.6 Å². The number of allylic oxidation sites excluding steroid dienone is 9. The lowest BCUT2D eigenvalue weighted by molar-refractivity contribution is -0.284. The molecule has 188 valence electrons. The molecule has 5 atom stereocenters. The Hall–Kier alpha value is -2.52. The fourth-order valence-corrected chi connectivity index (χ4v) is 4.16. The molecule has 0 spiro atoms. The Morgan fingerprint density at radius 2 is 1.74 bits per heavy atom. The maximum absolute atomic E-state index is 12.2. The summed E-state index contributed by atoms with van der Waals surface area (Å²) in [5.74, 6) is -2.44. The van der Waals surface area contributed by atoms with Crippen LogP contribution in [0.4, 0.5) is 0 Å². The molecule has 34 heavy (non-hydrogen) atoms. The third-order valence-electron chi connectivity index (χ3n) is 6.16. The van der Waals surface area contributed by atoms with E-state index in [1.807, 2.05) is 13.0 Å². The van der Waals surface area contributed by atoms with Gasteiger partial charge in [0.1, 0.15) is 18.3 Å². The van der Waals surface area contributed by atoms with Gasteiger partial charge < -0.3 is 29.9 Å². The second kappa shape index (κ2) is 11.8. The van der Waals surface area contributed by atoms with Crippen LogP contribution in [0.3, 0.4) is 0 Å². The van der Waals surface area contributed by atoms with E-state index in [0.29, 0.717) is 5.57 Å². The molecule has 8 heteroatoms. The van der Waals surface area contributed by atoms with Crippen LogP contribution in [-0.4, -0.2) is 63.1 Å². The number of aliphatic hydroxyl groups is 3. The monoisotopic (exact) mass is 476 g/mol. The van der Waals surface area contributed by atoms with Gasteiger partial charge in [-0.25, -0.2) is 9.59 Å². The van der Waals surface area contributed by atoms with Gasteiger partial charge in [0.25, 0.3) is 0 Å². The molecule has 0 bridgehead atoms. The number of esters is 1. The summed E-state index contributed by atoms with van der Waals surface area (Å²) in [5.41, 5.74) is 4.56. The Bertz CT molecular complexity index is 921. The molecule has 0 aromatic rings. The number of carbonyl (C=O) groups is 2. The summed E-state index contributed by atoms with van der Waals surface area (Å²) in [4.78, 5) is 23.3. The summed E-state index contributed by atoms with van der Waals surface area (Å²) in [5, 5.41) is 38.5. The Morgan fingerprint density at radius 1 is 1.06 bits per heavy atom. The molecule has 1 heterocycles. The zero-order valence-electron chi connectivity index (χ0n) is 20.4. The van der Waals surface area contributed by atoms with Crippen molar-refractivity contribution in [1.29, 1.82) is 0 Å². The predicted molar refractivity (Wildman–Crippen MR) is 127 cm³/mol. The number of hydrogen-bond donors (Lipinski definition) is 4. The molecule has 1 aliphatic carbocycles. The van der Waals surface area contributed by atoms with Gasteiger partial charge in [-0.3, -0.25) is 0 Å². The maximum Gasteiger partial charge on any atom is 0.335 e. The minimum Gasteiger partial charge on any atom is -0.479 e. The zero-order chi connectivity index (χ0) is 25.6. The van der Waals surface area contributed by atoms with Crippen LogP contribution < -0.4 is 0 Å². The van der Waals surface area contributed by atoms with Gasteiger partial charge in [0, 0.05) is 6.08 Å². The van der Waals surface area contributed by atoms with Gasteiger partial charge in [-0.15, -0.1) is 0 Å². The largest absolute Gasteiger partial charge is 0.479 e. The summed E-state index contributed by atoms with van der Waals surface area (Å²) in [6, 6.07) is 0. The molecule has 5 unspecified atom stereocenters. The quantitative estimate of drug-likeness (QED) is 0.250. The van der Waals surface area contributed by atoms with Crippen LogP contribution in [0.25, 0.3) is 0 Å². The van der Waals surface area contributed by atoms with Crippen LogP contribution in [0.1, 0.15) is 53.9 Å². The average Bonchev–Trinajstić information content (AvgIpc) is 2.73. The molecule has 0 aromatic heterocycles. The number of aliphatic hydroxyl groups excluding tert-OH is 3. The molecule has 2 aliphatic rings. The third kappa shape index (κ3) is 7.24. The number of carboxylic acid groups (broad SMARTS) is 1. The van der Waals surface area contributed by atoms with Crippen LogP contribution in [-0.2, 0) is 19.1 Å². The molecular weight excluding hydrogens is 440 g/mol. The predicted octanol–water partition coefficient (Wildman–Crippen LogP) is 2.95. The molecule has 0 aromatic carbocycles. The number of hydrogen-bond acceptors (Lipinski definition) is 7. The van der Waals surface area contributed by atoms with E-state index in [4.69, 9.17) is 14.6 Å². The highest BCUT2D eigenvalue weighted by Crippen LogP contribution is 2.40. The summed E-state index contributed by atoms with van der Waals surface area (Å²) in [6.07, 6.45) is 5.29. The Morgan fingerprint density at radius 3 is 2.35 bits per heavy atom. The first-order chi connectivity index (χ1) is 15.8. The van der Waals surface area contributed by atoms with Crippen LogP contribution in [0, 0.1) is 5.41 Å². The molecule has 0 saturated carbocycles. The van der Waals surface area contributed by atoms with Gasteiger partial charge in [0.05, 0.1) is 0 Å². The smallest absolute Gasteiger partial charge is 0.335 e. The second-order valence-corrected chi connectivity index (χ2v) is 9.59. The van der Waals surface area contributed by atoms with E-state index in [0.717, 1.165) is 18.1 Å². The van der Waals surface area contributed by atoms with Crippen molar-refractivity contribution < 1.29 is 39.5 Å². The van der Waals surface area contributed by atoms with E-state index in [1.165, 1.54) is 24.0 Å². The highest BCUT2D eigenvalue weighted by Gasteiger charge is 2.48. The van der Waals surface area contributed by atoms with Crippen LogP contribution in [0.5, 0.6) is 0 Å². The molecule has 4 N–H and O–H groups in total. The van der Waals surface area contributed by atoms with Gasteiger partial charge >= 0.3 is 11.9 Å². The minimum absolute atomic E-state index is 0.170. The van der Waals surface area contributed by atoms with Crippen molar-refractivity contribution in [2.24, 2.45) is 5.41 Å². The standard InChI is InChI=1S/C26H36O8/c1-15(11-12-18-17(3)10-7-13-26(18,4)5)8-6-9-16(2)14-19(27)33-25-22(30)20(28)21(29)23(34-25)24(31)32/h6,8-9,11-12,14,20-23,25,28-30H,7,10,13H2,1-5H3,(H,31,32)/b9-6+,12-11+,15-8+,16-14-. The maximum atomic E-state index is 12.2. The topological polar surface area (TPSA) is 134 Å². The van der Waals surface area contributed by atoms with E-state index in [1.54, 1.807) is 19.1 Å².